The van der Waals surface area contributed by atoms with Gasteiger partial charge in [-0.25, -0.2) is 0 Å². The lowest BCUT2D eigenvalue weighted by Crippen LogP contribution is -2.02. The van der Waals surface area contributed by atoms with Crippen LogP contribution in [0.3, 0.4) is 0 Å². The normalized spacial score (nSPS) is 12.6. The molecule has 0 atom stereocenters. The van der Waals surface area contributed by atoms with Gasteiger partial charge in [0, 0.05) is 16.1 Å². The molecule has 0 unspecified atom stereocenters. The first kappa shape index (κ1) is 21.7. The van der Waals surface area contributed by atoms with E-state index in [1.165, 1.54) is 18.2 Å². The quantitative estimate of drug-likeness (QED) is 0.214. The number of benzene rings is 3. The van der Waals surface area contributed by atoms with Crippen LogP contribution in [-0.2, 0) is 20.2 Å². The van der Waals surface area contributed by atoms with Gasteiger partial charge in [0.1, 0.15) is 22.0 Å². The number of phenols is 2. The van der Waals surface area contributed by atoms with E-state index in [-0.39, 0.29) is 32.9 Å². The van der Waals surface area contributed by atoms with Crippen molar-refractivity contribution in [2.45, 2.75) is 9.79 Å². The lowest BCUT2D eigenvalue weighted by molar-refractivity contribution is 0.471. The van der Waals surface area contributed by atoms with Gasteiger partial charge in [0.15, 0.2) is 5.75 Å². The summed E-state index contributed by atoms with van der Waals surface area (Å²) < 4.78 is 65.2. The van der Waals surface area contributed by atoms with Gasteiger partial charge in [0.25, 0.3) is 20.2 Å². The maximum absolute atomic E-state index is 11.8. The van der Waals surface area contributed by atoms with E-state index in [0.717, 1.165) is 18.2 Å². The van der Waals surface area contributed by atoms with Crippen molar-refractivity contribution < 1.29 is 36.2 Å². The molecule has 0 radical (unpaired) electrons. The third kappa shape index (κ3) is 4.15. The minimum atomic E-state index is -4.99. The van der Waals surface area contributed by atoms with Gasteiger partial charge in [0.2, 0.25) is 0 Å². The lowest BCUT2D eigenvalue weighted by atomic mass is 10.1. The van der Waals surface area contributed by atoms with Crippen molar-refractivity contribution in [1.82, 2.24) is 0 Å². The number of fused-ring (bicyclic) bond motifs is 1. The van der Waals surface area contributed by atoms with E-state index in [4.69, 9.17) is 17.3 Å². The van der Waals surface area contributed by atoms with Crippen molar-refractivity contribution in [3.63, 3.8) is 0 Å². The summed E-state index contributed by atoms with van der Waals surface area (Å²) in [7, 11) is -9.69. The monoisotopic (exact) mass is 473 g/mol. The minimum Gasteiger partial charge on any atom is -0.506 e. The highest BCUT2D eigenvalue weighted by Crippen LogP contribution is 2.44. The molecular formula is C16H12ClN3O8S2. The molecule has 158 valence electrons. The molecule has 3 aromatic rings. The molecule has 0 saturated carbocycles. The minimum absolute atomic E-state index is 0.169. The molecule has 0 fully saturated rings. The zero-order valence-electron chi connectivity index (χ0n) is 14.6. The van der Waals surface area contributed by atoms with Crippen LogP contribution in [0.5, 0.6) is 11.5 Å². The highest BCUT2D eigenvalue weighted by Gasteiger charge is 2.24. The van der Waals surface area contributed by atoms with Crippen LogP contribution in [0.15, 0.2) is 56.4 Å². The average molecular weight is 474 g/mol. The van der Waals surface area contributed by atoms with Crippen LogP contribution >= 0.6 is 11.6 Å². The topological polar surface area (TPSA) is 200 Å². The molecule has 11 nitrogen and oxygen atoms in total. The Kier molecular flexibility index (Phi) is 5.34. The molecule has 30 heavy (non-hydrogen) atoms. The van der Waals surface area contributed by atoms with Crippen LogP contribution in [-0.4, -0.2) is 36.2 Å². The smallest absolute Gasteiger partial charge is 0.296 e. The molecule has 3 rings (SSSR count). The number of aromatic hydroxyl groups is 2. The summed E-state index contributed by atoms with van der Waals surface area (Å²) in [6.45, 7) is 0. The number of nitrogens with two attached hydrogens (primary N) is 1. The third-order valence-electron chi connectivity index (χ3n) is 3.92. The van der Waals surface area contributed by atoms with Gasteiger partial charge in [-0.05, 0) is 41.8 Å². The Bertz CT molecular complexity index is 1440. The van der Waals surface area contributed by atoms with Gasteiger partial charge in [-0.15, -0.1) is 10.2 Å². The largest absolute Gasteiger partial charge is 0.506 e. The van der Waals surface area contributed by atoms with Gasteiger partial charge >= 0.3 is 0 Å². The number of hydrogen-bond acceptors (Lipinski definition) is 9. The van der Waals surface area contributed by atoms with E-state index in [0.29, 0.717) is 0 Å². The van der Waals surface area contributed by atoms with E-state index in [2.05, 4.69) is 10.2 Å². The number of azo groups is 1. The number of halogens is 1. The molecule has 0 aliphatic rings. The zero-order chi connectivity index (χ0) is 22.4. The highest BCUT2D eigenvalue weighted by molar-refractivity contribution is 7.86. The SMILES string of the molecule is Nc1cc(S(=O)(=O)O)cc2cc(S(=O)(=O)O)c(N=Nc3cc(Cl)ccc3O)c(O)c12. The van der Waals surface area contributed by atoms with Crippen LogP contribution in [0.1, 0.15) is 0 Å². The summed E-state index contributed by atoms with van der Waals surface area (Å²) in [5, 5.41) is 27.3. The number of phenolic OH excluding ortho intramolecular Hbond substituents is 2. The van der Waals surface area contributed by atoms with Crippen LogP contribution in [0.2, 0.25) is 5.02 Å². The maximum Gasteiger partial charge on any atom is 0.296 e. The molecule has 0 amide bonds. The molecule has 0 saturated heterocycles. The molecular weight excluding hydrogens is 462 g/mol. The van der Waals surface area contributed by atoms with Gasteiger partial charge in [-0.3, -0.25) is 9.11 Å². The van der Waals surface area contributed by atoms with Gasteiger partial charge in [-0.1, -0.05) is 11.6 Å². The molecule has 0 heterocycles. The second kappa shape index (κ2) is 7.37. The fraction of sp³-hybridized carbons (Fsp3) is 0. The van der Waals surface area contributed by atoms with Crippen molar-refractivity contribution in [2.24, 2.45) is 10.2 Å². The predicted molar refractivity (Wildman–Crippen MR) is 107 cm³/mol. The van der Waals surface area contributed by atoms with E-state index < -0.39 is 41.5 Å². The van der Waals surface area contributed by atoms with Crippen LogP contribution < -0.4 is 5.73 Å². The Hall–Kier alpha value is -2.97. The number of hydrogen-bond donors (Lipinski definition) is 5. The van der Waals surface area contributed by atoms with Gasteiger partial charge in [-0.2, -0.15) is 16.8 Å². The first-order valence-electron chi connectivity index (χ1n) is 7.73. The second-order valence-corrected chi connectivity index (χ2v) is 9.21. The summed E-state index contributed by atoms with van der Waals surface area (Å²) in [6, 6.07) is 6.25. The van der Waals surface area contributed by atoms with E-state index in [1.807, 2.05) is 0 Å². The fourth-order valence-electron chi connectivity index (χ4n) is 2.61. The summed E-state index contributed by atoms with van der Waals surface area (Å²) in [4.78, 5) is -1.59. The standard InChI is InChI=1S/C16H12ClN3O8S2/c17-8-1-2-12(21)11(5-8)19-20-15-13(30(26,27)28)4-7-3-9(29(23,24)25)6-10(18)14(7)16(15)22/h1-6,21-22H,18H2,(H,23,24,25)(H,26,27,28). The summed E-state index contributed by atoms with van der Waals surface area (Å²) >= 11 is 5.80. The van der Waals surface area contributed by atoms with Crippen molar-refractivity contribution >= 4 is 59.7 Å². The van der Waals surface area contributed by atoms with Crippen molar-refractivity contribution in [3.8, 4) is 11.5 Å². The first-order valence-corrected chi connectivity index (χ1v) is 11.0. The molecule has 3 aromatic carbocycles. The number of nitrogen functional groups attached to an aromatic ring is 1. The number of nitrogens with zero attached hydrogens (tertiary/aromatic N) is 2. The Morgan fingerprint density at radius 1 is 0.900 bits per heavy atom. The predicted octanol–water partition coefficient (Wildman–Crippen LogP) is 3.40. The Labute approximate surface area is 174 Å². The molecule has 0 bridgehead atoms. The Morgan fingerprint density at radius 2 is 1.57 bits per heavy atom. The third-order valence-corrected chi connectivity index (χ3v) is 5.86. The van der Waals surface area contributed by atoms with Crippen molar-refractivity contribution in [1.29, 1.82) is 0 Å². The number of rotatable bonds is 4. The van der Waals surface area contributed by atoms with Crippen LogP contribution in [0, 0.1) is 0 Å². The maximum atomic E-state index is 11.8. The average Bonchev–Trinajstić information content (AvgIpc) is 2.61. The van der Waals surface area contributed by atoms with Crippen molar-refractivity contribution in [2.75, 3.05) is 5.73 Å². The summed E-state index contributed by atoms with van der Waals surface area (Å²) in [6.07, 6.45) is 0. The van der Waals surface area contributed by atoms with E-state index >= 15 is 0 Å². The zero-order valence-corrected chi connectivity index (χ0v) is 16.9. The summed E-state index contributed by atoms with van der Waals surface area (Å²) in [5.41, 5.74) is 4.53. The highest BCUT2D eigenvalue weighted by atomic mass is 35.5. The fourth-order valence-corrected chi connectivity index (χ4v) is 3.99. The Balaban J connectivity index is 2.36. The molecule has 0 spiro atoms. The molecule has 0 aliphatic heterocycles. The molecule has 0 aliphatic carbocycles. The van der Waals surface area contributed by atoms with E-state index in [9.17, 15) is 36.2 Å². The van der Waals surface area contributed by atoms with Crippen LogP contribution in [0.4, 0.5) is 17.1 Å². The second-order valence-electron chi connectivity index (χ2n) is 5.97. The molecule has 14 heteroatoms. The van der Waals surface area contributed by atoms with Gasteiger partial charge < -0.3 is 15.9 Å². The van der Waals surface area contributed by atoms with Gasteiger partial charge in [0.05, 0.1) is 4.90 Å². The Morgan fingerprint density at radius 3 is 2.17 bits per heavy atom. The first-order chi connectivity index (χ1) is 13.8. The molecule has 6 N–H and O–H groups in total. The number of anilines is 1. The molecule has 0 aromatic heterocycles. The lowest BCUT2D eigenvalue weighted by Gasteiger charge is -2.12. The van der Waals surface area contributed by atoms with E-state index in [1.54, 1.807) is 0 Å². The van der Waals surface area contributed by atoms with Crippen molar-refractivity contribution in [3.05, 3.63) is 41.4 Å². The summed E-state index contributed by atoms with van der Waals surface area (Å²) in [5.74, 6) is -1.20. The van der Waals surface area contributed by atoms with Crippen LogP contribution in [0.25, 0.3) is 10.8 Å².